The van der Waals surface area contributed by atoms with Crippen molar-refractivity contribution in [1.82, 2.24) is 15.5 Å². The highest BCUT2D eigenvalue weighted by Crippen LogP contribution is 2.27. The first-order chi connectivity index (χ1) is 16.7. The summed E-state index contributed by atoms with van der Waals surface area (Å²) in [6, 6.07) is 3.72. The predicted octanol–water partition coefficient (Wildman–Crippen LogP) is 3.81. The Morgan fingerprint density at radius 2 is 1.72 bits per heavy atom. The second-order valence-corrected chi connectivity index (χ2v) is 10.3. The topological polar surface area (TPSA) is 114 Å². The lowest BCUT2D eigenvalue weighted by atomic mass is 9.95. The van der Waals surface area contributed by atoms with Crippen LogP contribution in [0.3, 0.4) is 0 Å². The van der Waals surface area contributed by atoms with Crippen molar-refractivity contribution in [2.24, 2.45) is 5.92 Å². The highest BCUT2D eigenvalue weighted by Gasteiger charge is 2.37. The molecular weight excluding hydrogens is 462 g/mol. The number of rotatable bonds is 11. The number of hydrogen-bond acceptors (Lipinski definition) is 6. The van der Waals surface area contributed by atoms with Crippen molar-refractivity contribution in [3.63, 3.8) is 0 Å². The average molecular weight is 506 g/mol. The lowest BCUT2D eigenvalue weighted by Crippen LogP contribution is -2.55. The number of methoxy groups -OCH3 is 1. The molecule has 1 rings (SSSR count). The van der Waals surface area contributed by atoms with Gasteiger partial charge in [-0.3, -0.25) is 14.4 Å². The summed E-state index contributed by atoms with van der Waals surface area (Å²) in [5.74, 6) is -1.77. The quantitative estimate of drug-likeness (QED) is 0.442. The molecule has 0 spiro atoms. The Bertz CT molecular complexity index is 923. The minimum absolute atomic E-state index is 0.271. The highest BCUT2D eigenvalue weighted by molar-refractivity contribution is 5.93. The van der Waals surface area contributed by atoms with Crippen molar-refractivity contribution in [2.45, 2.75) is 85.9 Å². The van der Waals surface area contributed by atoms with E-state index in [0.717, 1.165) is 17.5 Å². The van der Waals surface area contributed by atoms with Gasteiger partial charge in [0.15, 0.2) is 0 Å². The number of hydrogen-bond donors (Lipinski definition) is 2. The Balaban J connectivity index is 3.50. The van der Waals surface area contributed by atoms with E-state index in [2.05, 4.69) is 15.4 Å². The molecule has 0 aromatic heterocycles. The minimum atomic E-state index is -1.00. The van der Waals surface area contributed by atoms with Crippen molar-refractivity contribution in [3.05, 3.63) is 34.9 Å². The molecular formula is C27H43N3O6. The molecule has 9 heteroatoms. The van der Waals surface area contributed by atoms with Gasteiger partial charge in [0.05, 0.1) is 7.11 Å². The van der Waals surface area contributed by atoms with Gasteiger partial charge >= 0.3 is 12.1 Å². The van der Waals surface area contributed by atoms with Gasteiger partial charge in [0.2, 0.25) is 11.8 Å². The summed E-state index contributed by atoms with van der Waals surface area (Å²) < 4.78 is 10.0. The van der Waals surface area contributed by atoms with Crippen LogP contribution >= 0.6 is 0 Å². The number of aryl methyl sites for hydroxylation is 2. The molecule has 36 heavy (non-hydrogen) atoms. The zero-order chi connectivity index (χ0) is 27.6. The van der Waals surface area contributed by atoms with Gasteiger partial charge < -0.3 is 25.0 Å². The molecule has 0 aliphatic heterocycles. The van der Waals surface area contributed by atoms with E-state index in [-0.39, 0.29) is 19.0 Å². The number of benzene rings is 1. The molecule has 2 unspecified atom stereocenters. The molecule has 1 aromatic carbocycles. The Morgan fingerprint density at radius 3 is 2.22 bits per heavy atom. The zero-order valence-electron chi connectivity index (χ0n) is 23.2. The molecule has 0 saturated carbocycles. The summed E-state index contributed by atoms with van der Waals surface area (Å²) in [5.41, 5.74) is 1.77. The smallest absolute Gasteiger partial charge is 0.408 e. The fourth-order valence-corrected chi connectivity index (χ4v) is 3.73. The molecule has 2 atom stereocenters. The molecule has 202 valence electrons. The van der Waals surface area contributed by atoms with Gasteiger partial charge in [-0.25, -0.2) is 4.79 Å². The molecule has 0 fully saturated rings. The van der Waals surface area contributed by atoms with Crippen molar-refractivity contribution >= 4 is 23.9 Å². The maximum absolute atomic E-state index is 14.0. The van der Waals surface area contributed by atoms with Crippen LogP contribution in [0, 0.1) is 19.8 Å². The fourth-order valence-electron chi connectivity index (χ4n) is 3.73. The van der Waals surface area contributed by atoms with E-state index < -0.39 is 41.6 Å². The molecule has 9 nitrogen and oxygen atoms in total. The van der Waals surface area contributed by atoms with Crippen LogP contribution < -0.4 is 10.6 Å². The molecule has 0 radical (unpaired) electrons. The number of ether oxygens (including phenoxy) is 2. The molecule has 0 aliphatic rings. The van der Waals surface area contributed by atoms with Gasteiger partial charge in [0.1, 0.15) is 24.2 Å². The molecule has 1 aromatic rings. The first kappa shape index (κ1) is 30.9. The van der Waals surface area contributed by atoms with E-state index in [1.54, 1.807) is 20.8 Å². The molecule has 0 heterocycles. The number of unbranched alkanes of at least 4 members (excludes halogenated alkanes) is 1. The molecule has 0 aliphatic carbocycles. The normalized spacial score (nSPS) is 12.9. The summed E-state index contributed by atoms with van der Waals surface area (Å²) in [7, 11) is 1.24. The van der Waals surface area contributed by atoms with Crippen molar-refractivity contribution in [3.8, 4) is 0 Å². The largest absolute Gasteiger partial charge is 0.468 e. The number of carbonyl (C=O) groups excluding carboxylic acids is 4. The van der Waals surface area contributed by atoms with E-state index in [9.17, 15) is 19.2 Å². The molecule has 2 N–H and O–H groups in total. The Kier molecular flexibility index (Phi) is 11.9. The van der Waals surface area contributed by atoms with Crippen LogP contribution in [0.2, 0.25) is 0 Å². The summed E-state index contributed by atoms with van der Waals surface area (Å²) >= 11 is 0. The van der Waals surface area contributed by atoms with Gasteiger partial charge in [-0.2, -0.15) is 0 Å². The Morgan fingerprint density at radius 1 is 1.08 bits per heavy atom. The Hall–Kier alpha value is -3.10. The maximum Gasteiger partial charge on any atom is 0.408 e. The number of nitrogens with zero attached hydrogens (tertiary/aromatic N) is 1. The van der Waals surface area contributed by atoms with Crippen LogP contribution in [-0.2, 0) is 23.9 Å². The second kappa shape index (κ2) is 13.8. The van der Waals surface area contributed by atoms with Gasteiger partial charge in [-0.1, -0.05) is 51.0 Å². The standard InChI is InChI=1S/C27H43N3O6/c1-10-11-14-30(25(33)22(17(2)3)29-26(34)36-27(6,7)8)23(24(32)28-16-21(31)35-9)20-13-12-18(4)15-19(20)5/h12-13,15,17,22-23H,10-11,14,16H2,1-9H3,(H,28,32)(H,29,34). The zero-order valence-corrected chi connectivity index (χ0v) is 23.2. The van der Waals surface area contributed by atoms with Gasteiger partial charge in [0, 0.05) is 6.54 Å². The number of nitrogens with one attached hydrogen (secondary N) is 2. The van der Waals surface area contributed by atoms with Crippen LogP contribution in [0.15, 0.2) is 18.2 Å². The maximum atomic E-state index is 14.0. The van der Waals surface area contributed by atoms with Crippen LogP contribution in [0.25, 0.3) is 0 Å². The Labute approximate surface area is 215 Å². The van der Waals surface area contributed by atoms with Crippen molar-refractivity contribution in [1.29, 1.82) is 0 Å². The first-order valence-electron chi connectivity index (χ1n) is 12.4. The summed E-state index contributed by atoms with van der Waals surface area (Å²) in [6.07, 6.45) is 0.733. The fraction of sp³-hybridized carbons (Fsp3) is 0.630. The third-order valence-corrected chi connectivity index (χ3v) is 5.56. The second-order valence-electron chi connectivity index (χ2n) is 10.3. The molecule has 0 bridgehead atoms. The molecule has 0 saturated heterocycles. The summed E-state index contributed by atoms with van der Waals surface area (Å²) in [5, 5.41) is 5.31. The molecule has 3 amide bonds. The third-order valence-electron chi connectivity index (χ3n) is 5.56. The van der Waals surface area contributed by atoms with Gasteiger partial charge in [0.25, 0.3) is 0 Å². The monoisotopic (exact) mass is 505 g/mol. The van der Waals surface area contributed by atoms with Crippen molar-refractivity contribution < 1.29 is 28.7 Å². The van der Waals surface area contributed by atoms with Crippen LogP contribution in [0.4, 0.5) is 4.79 Å². The number of carbonyl (C=O) groups is 4. The summed E-state index contributed by atoms with van der Waals surface area (Å²) in [6.45, 7) is 14.7. The lowest BCUT2D eigenvalue weighted by molar-refractivity contribution is -0.145. The predicted molar refractivity (Wildman–Crippen MR) is 138 cm³/mol. The lowest BCUT2D eigenvalue weighted by Gasteiger charge is -2.36. The van der Waals surface area contributed by atoms with Gasteiger partial charge in [-0.05, 0) is 58.1 Å². The van der Waals surface area contributed by atoms with E-state index in [1.807, 2.05) is 52.8 Å². The van der Waals surface area contributed by atoms with Crippen LogP contribution in [0.5, 0.6) is 0 Å². The van der Waals surface area contributed by atoms with E-state index >= 15 is 0 Å². The number of alkyl carbamates (subject to hydrolysis) is 1. The van der Waals surface area contributed by atoms with E-state index in [0.29, 0.717) is 12.0 Å². The minimum Gasteiger partial charge on any atom is -0.468 e. The van der Waals surface area contributed by atoms with Crippen LogP contribution in [0.1, 0.15) is 77.1 Å². The van der Waals surface area contributed by atoms with Crippen molar-refractivity contribution in [2.75, 3.05) is 20.2 Å². The first-order valence-corrected chi connectivity index (χ1v) is 12.4. The number of amides is 3. The number of esters is 1. The summed E-state index contributed by atoms with van der Waals surface area (Å²) in [4.78, 5) is 53.2. The third kappa shape index (κ3) is 9.51. The van der Waals surface area contributed by atoms with Crippen LogP contribution in [-0.4, -0.2) is 60.6 Å². The highest BCUT2D eigenvalue weighted by atomic mass is 16.6. The SMILES string of the molecule is CCCCN(C(=O)C(NC(=O)OC(C)(C)C)C(C)C)C(C(=O)NCC(=O)OC)c1ccc(C)cc1C. The van der Waals surface area contributed by atoms with E-state index in [1.165, 1.54) is 12.0 Å². The van der Waals surface area contributed by atoms with E-state index in [4.69, 9.17) is 4.74 Å². The average Bonchev–Trinajstić information content (AvgIpc) is 2.77. The van der Waals surface area contributed by atoms with Gasteiger partial charge in [-0.15, -0.1) is 0 Å².